The van der Waals surface area contributed by atoms with E-state index in [1.54, 1.807) is 12.3 Å². The van der Waals surface area contributed by atoms with Gasteiger partial charge in [0, 0.05) is 29.0 Å². The summed E-state index contributed by atoms with van der Waals surface area (Å²) in [7, 11) is 0. The van der Waals surface area contributed by atoms with Crippen LogP contribution in [0.1, 0.15) is 17.4 Å². The molecule has 0 unspecified atom stereocenters. The largest absolute Gasteiger partial charge is 0.370 e. The molecule has 0 fully saturated rings. The Hall–Kier alpha value is -4.13. The molecule has 0 bridgehead atoms. The number of amides is 1. The molecule has 0 aliphatic heterocycles. The average molecular weight is 396 g/mol. The number of hydrogen-bond acceptors (Lipinski definition) is 4. The summed E-state index contributed by atoms with van der Waals surface area (Å²) in [5.41, 5.74) is 5.01. The Morgan fingerprint density at radius 2 is 1.93 bits per heavy atom. The first-order valence-electron chi connectivity index (χ1n) is 9.79. The fraction of sp³-hybridized carbons (Fsp3) is 0.0870. The van der Waals surface area contributed by atoms with E-state index in [2.05, 4.69) is 42.9 Å². The number of fused-ring (bicyclic) bond motifs is 2. The summed E-state index contributed by atoms with van der Waals surface area (Å²) >= 11 is 0. The van der Waals surface area contributed by atoms with Gasteiger partial charge in [-0.05, 0) is 54.4 Å². The fourth-order valence-corrected chi connectivity index (χ4v) is 3.67. The third-order valence-electron chi connectivity index (χ3n) is 5.05. The topological polar surface area (TPSA) is 98.5 Å². The van der Waals surface area contributed by atoms with Gasteiger partial charge in [-0.25, -0.2) is 4.98 Å². The van der Waals surface area contributed by atoms with E-state index in [4.69, 9.17) is 0 Å². The second kappa shape index (κ2) is 7.36. The van der Waals surface area contributed by atoms with Crippen LogP contribution >= 0.6 is 0 Å². The van der Waals surface area contributed by atoms with E-state index < -0.39 is 0 Å². The van der Waals surface area contributed by atoms with E-state index in [-0.39, 0.29) is 5.91 Å². The molecule has 4 N–H and O–H groups in total. The van der Waals surface area contributed by atoms with Gasteiger partial charge in [0.15, 0.2) is 0 Å². The SMILES string of the molecule is CCNc1cccc(C(=O)Nc2cc(-c3cccc4[nH]ccc34)cc3[nH]ncc23)n1. The molecule has 5 aromatic rings. The highest BCUT2D eigenvalue weighted by Gasteiger charge is 2.14. The number of aromatic nitrogens is 4. The zero-order chi connectivity index (χ0) is 20.5. The van der Waals surface area contributed by atoms with Crippen molar-refractivity contribution in [3.05, 3.63) is 72.7 Å². The lowest BCUT2D eigenvalue weighted by Crippen LogP contribution is -2.15. The van der Waals surface area contributed by atoms with Crippen LogP contribution in [-0.2, 0) is 0 Å². The van der Waals surface area contributed by atoms with Crippen LogP contribution in [0.5, 0.6) is 0 Å². The van der Waals surface area contributed by atoms with E-state index in [9.17, 15) is 4.79 Å². The number of aromatic amines is 2. The van der Waals surface area contributed by atoms with Crippen LogP contribution in [0.4, 0.5) is 11.5 Å². The third-order valence-corrected chi connectivity index (χ3v) is 5.05. The lowest BCUT2D eigenvalue weighted by atomic mass is 9.99. The van der Waals surface area contributed by atoms with Crippen molar-refractivity contribution in [2.45, 2.75) is 6.92 Å². The Labute approximate surface area is 172 Å². The van der Waals surface area contributed by atoms with Gasteiger partial charge in [0.1, 0.15) is 11.5 Å². The summed E-state index contributed by atoms with van der Waals surface area (Å²) in [6.45, 7) is 2.72. The molecule has 0 saturated heterocycles. The Bertz CT molecular complexity index is 1370. The van der Waals surface area contributed by atoms with Crippen molar-refractivity contribution in [3.8, 4) is 11.1 Å². The van der Waals surface area contributed by atoms with Crippen molar-refractivity contribution in [1.82, 2.24) is 20.2 Å². The molecule has 0 saturated carbocycles. The Balaban J connectivity index is 1.56. The molecule has 7 nitrogen and oxygen atoms in total. The summed E-state index contributed by atoms with van der Waals surface area (Å²) in [4.78, 5) is 20.5. The maximum atomic E-state index is 12.9. The van der Waals surface area contributed by atoms with Crippen molar-refractivity contribution in [2.75, 3.05) is 17.2 Å². The zero-order valence-electron chi connectivity index (χ0n) is 16.4. The third kappa shape index (κ3) is 3.16. The molecule has 0 radical (unpaired) electrons. The second-order valence-corrected chi connectivity index (χ2v) is 6.99. The van der Waals surface area contributed by atoms with Gasteiger partial charge < -0.3 is 15.6 Å². The highest BCUT2D eigenvalue weighted by Crippen LogP contribution is 2.34. The monoisotopic (exact) mass is 396 g/mol. The molecular formula is C23H20N6O. The molecule has 0 spiro atoms. The number of benzene rings is 2. The molecule has 0 aliphatic rings. The van der Waals surface area contributed by atoms with E-state index in [0.29, 0.717) is 17.2 Å². The Morgan fingerprint density at radius 3 is 2.83 bits per heavy atom. The van der Waals surface area contributed by atoms with Gasteiger partial charge in [0.2, 0.25) is 0 Å². The van der Waals surface area contributed by atoms with Crippen LogP contribution in [-0.4, -0.2) is 32.6 Å². The number of carbonyl (C=O) groups is 1. The Morgan fingerprint density at radius 1 is 1.03 bits per heavy atom. The normalized spacial score (nSPS) is 11.1. The van der Waals surface area contributed by atoms with E-state index in [1.807, 2.05) is 49.5 Å². The minimum absolute atomic E-state index is 0.269. The van der Waals surface area contributed by atoms with Crippen molar-refractivity contribution in [2.24, 2.45) is 0 Å². The van der Waals surface area contributed by atoms with Gasteiger partial charge in [-0.1, -0.05) is 18.2 Å². The molecule has 0 aliphatic carbocycles. The first-order valence-corrected chi connectivity index (χ1v) is 9.79. The first-order chi connectivity index (χ1) is 14.7. The predicted octanol–water partition coefficient (Wildman–Crippen LogP) is 4.79. The molecule has 7 heteroatoms. The summed E-state index contributed by atoms with van der Waals surface area (Å²) in [5, 5.41) is 15.3. The van der Waals surface area contributed by atoms with E-state index >= 15 is 0 Å². The minimum atomic E-state index is -0.269. The van der Waals surface area contributed by atoms with Crippen molar-refractivity contribution in [1.29, 1.82) is 0 Å². The van der Waals surface area contributed by atoms with Gasteiger partial charge in [-0.15, -0.1) is 0 Å². The standard InChI is InChI=1S/C23H20N6O/c1-2-24-22-8-4-7-19(27-22)23(30)28-20-11-14(12-21-17(20)13-26-29-21)15-5-3-6-18-16(15)9-10-25-18/h3-13,25H,2H2,1H3,(H,24,27)(H,26,29)(H,28,30). The van der Waals surface area contributed by atoms with Crippen LogP contribution in [0, 0.1) is 0 Å². The molecule has 3 aromatic heterocycles. The first kappa shape index (κ1) is 17.9. The second-order valence-electron chi connectivity index (χ2n) is 6.99. The van der Waals surface area contributed by atoms with Crippen LogP contribution in [0.3, 0.4) is 0 Å². The highest BCUT2D eigenvalue weighted by atomic mass is 16.1. The van der Waals surface area contributed by atoms with Crippen molar-refractivity contribution in [3.63, 3.8) is 0 Å². The zero-order valence-corrected chi connectivity index (χ0v) is 16.4. The lowest BCUT2D eigenvalue weighted by molar-refractivity contribution is 0.102. The quantitative estimate of drug-likeness (QED) is 0.343. The van der Waals surface area contributed by atoms with Crippen LogP contribution in [0.15, 0.2) is 67.0 Å². The number of hydrogen-bond donors (Lipinski definition) is 4. The molecule has 5 rings (SSSR count). The van der Waals surface area contributed by atoms with Crippen LogP contribution < -0.4 is 10.6 Å². The fourth-order valence-electron chi connectivity index (χ4n) is 3.67. The number of rotatable bonds is 5. The number of carbonyl (C=O) groups excluding carboxylic acids is 1. The maximum absolute atomic E-state index is 12.9. The van der Waals surface area contributed by atoms with Gasteiger partial charge >= 0.3 is 0 Å². The summed E-state index contributed by atoms with van der Waals surface area (Å²) in [5.74, 6) is 0.403. The number of nitrogens with zero attached hydrogens (tertiary/aromatic N) is 2. The van der Waals surface area contributed by atoms with Gasteiger partial charge in [0.25, 0.3) is 5.91 Å². The van der Waals surface area contributed by atoms with E-state index in [0.717, 1.165) is 39.5 Å². The molecule has 3 heterocycles. The summed E-state index contributed by atoms with van der Waals surface area (Å²) < 4.78 is 0. The number of nitrogens with one attached hydrogen (secondary N) is 4. The molecule has 1 amide bonds. The van der Waals surface area contributed by atoms with E-state index in [1.165, 1.54) is 0 Å². The molecule has 0 atom stereocenters. The van der Waals surface area contributed by atoms with Gasteiger partial charge in [-0.3, -0.25) is 9.89 Å². The van der Waals surface area contributed by atoms with Crippen LogP contribution in [0.25, 0.3) is 32.9 Å². The summed E-state index contributed by atoms with van der Waals surface area (Å²) in [6, 6.07) is 17.6. The molecule has 2 aromatic carbocycles. The van der Waals surface area contributed by atoms with Crippen molar-refractivity contribution >= 4 is 39.2 Å². The van der Waals surface area contributed by atoms with Crippen molar-refractivity contribution < 1.29 is 4.79 Å². The summed E-state index contributed by atoms with van der Waals surface area (Å²) in [6.07, 6.45) is 3.64. The minimum Gasteiger partial charge on any atom is -0.370 e. The molecule has 148 valence electrons. The van der Waals surface area contributed by atoms with Gasteiger partial charge in [0.05, 0.1) is 17.4 Å². The highest BCUT2D eigenvalue weighted by molar-refractivity contribution is 6.09. The smallest absolute Gasteiger partial charge is 0.274 e. The van der Waals surface area contributed by atoms with Gasteiger partial charge in [-0.2, -0.15) is 5.10 Å². The molecular weight excluding hydrogens is 376 g/mol. The predicted molar refractivity (Wildman–Crippen MR) is 120 cm³/mol. The van der Waals surface area contributed by atoms with Crippen LogP contribution in [0.2, 0.25) is 0 Å². The average Bonchev–Trinajstić information content (AvgIpc) is 3.43. The number of anilines is 2. The maximum Gasteiger partial charge on any atom is 0.274 e. The molecule has 30 heavy (non-hydrogen) atoms. The Kier molecular flexibility index (Phi) is 4.40. The number of H-pyrrole nitrogens is 2. The lowest BCUT2D eigenvalue weighted by Gasteiger charge is -2.11. The number of pyridine rings is 1.